The van der Waals surface area contributed by atoms with Crippen molar-refractivity contribution in [2.75, 3.05) is 18.0 Å². The van der Waals surface area contributed by atoms with Gasteiger partial charge in [0.05, 0.1) is 16.6 Å². The molecule has 7 heteroatoms. The highest BCUT2D eigenvalue weighted by molar-refractivity contribution is 5.76. The van der Waals surface area contributed by atoms with Gasteiger partial charge < -0.3 is 10.2 Å². The molecule has 7 nitrogen and oxygen atoms in total. The molecule has 138 valence electrons. The third kappa shape index (κ3) is 4.31. The third-order valence-corrected chi connectivity index (χ3v) is 5.45. The normalized spacial score (nSPS) is 18.5. The maximum Gasteiger partial charge on any atom is 0.293 e. The Labute approximate surface area is 153 Å². The first-order chi connectivity index (χ1) is 12.6. The van der Waals surface area contributed by atoms with Gasteiger partial charge in [0.15, 0.2) is 0 Å². The van der Waals surface area contributed by atoms with Crippen molar-refractivity contribution in [2.45, 2.75) is 51.0 Å². The number of piperidine rings is 1. The second kappa shape index (κ2) is 8.17. The molecule has 1 heterocycles. The molecule has 0 radical (unpaired) electrons. The molecule has 2 aliphatic rings. The van der Waals surface area contributed by atoms with Crippen LogP contribution in [0.25, 0.3) is 0 Å². The number of amides is 1. The Kier molecular flexibility index (Phi) is 5.71. The molecule has 26 heavy (non-hydrogen) atoms. The van der Waals surface area contributed by atoms with Gasteiger partial charge >= 0.3 is 0 Å². The number of carbonyl (C=O) groups is 1. The molecule has 0 spiro atoms. The van der Waals surface area contributed by atoms with Crippen molar-refractivity contribution in [3.05, 3.63) is 33.9 Å². The topological polar surface area (TPSA) is 99.3 Å². The summed E-state index contributed by atoms with van der Waals surface area (Å²) in [4.78, 5) is 25.0. The number of rotatable bonds is 5. The van der Waals surface area contributed by atoms with Crippen LogP contribution in [0.3, 0.4) is 0 Å². The van der Waals surface area contributed by atoms with Crippen LogP contribution in [-0.4, -0.2) is 30.0 Å². The summed E-state index contributed by atoms with van der Waals surface area (Å²) in [6.07, 6.45) is 6.96. The van der Waals surface area contributed by atoms with Crippen LogP contribution in [0.2, 0.25) is 0 Å². The van der Waals surface area contributed by atoms with Gasteiger partial charge in [-0.05, 0) is 43.7 Å². The minimum atomic E-state index is -0.439. The zero-order valence-corrected chi connectivity index (χ0v) is 14.8. The van der Waals surface area contributed by atoms with Gasteiger partial charge in [0.1, 0.15) is 5.69 Å². The maximum absolute atomic E-state index is 12.2. The van der Waals surface area contributed by atoms with E-state index in [1.54, 1.807) is 12.1 Å². The summed E-state index contributed by atoms with van der Waals surface area (Å²) in [5, 5.41) is 23.4. The summed E-state index contributed by atoms with van der Waals surface area (Å²) in [6, 6.07) is 6.66. The third-order valence-electron chi connectivity index (χ3n) is 5.45. The van der Waals surface area contributed by atoms with Gasteiger partial charge in [0, 0.05) is 31.6 Å². The Balaban J connectivity index is 1.56. The Hall–Kier alpha value is -2.62. The van der Waals surface area contributed by atoms with Crippen LogP contribution in [0.5, 0.6) is 0 Å². The maximum atomic E-state index is 12.2. The zero-order valence-electron chi connectivity index (χ0n) is 14.8. The van der Waals surface area contributed by atoms with Crippen molar-refractivity contribution in [3.8, 4) is 6.07 Å². The molecular formula is C19H24N4O3. The molecule has 3 rings (SSSR count). The number of hydrogen-bond acceptors (Lipinski definition) is 5. The summed E-state index contributed by atoms with van der Waals surface area (Å²) in [6.45, 7) is 1.31. The average molecular weight is 356 g/mol. The first-order valence-electron chi connectivity index (χ1n) is 9.29. The molecule has 1 aromatic rings. The number of nitro groups is 1. The van der Waals surface area contributed by atoms with Crippen molar-refractivity contribution in [1.82, 2.24) is 5.32 Å². The van der Waals surface area contributed by atoms with E-state index in [4.69, 9.17) is 5.26 Å². The van der Waals surface area contributed by atoms with Crippen LogP contribution in [0.15, 0.2) is 18.2 Å². The lowest BCUT2D eigenvalue weighted by Crippen LogP contribution is -2.45. The van der Waals surface area contributed by atoms with Crippen LogP contribution in [0.4, 0.5) is 11.4 Å². The minimum absolute atomic E-state index is 0.0345. The Bertz CT molecular complexity index is 714. The van der Waals surface area contributed by atoms with E-state index in [1.807, 2.05) is 11.0 Å². The van der Waals surface area contributed by atoms with E-state index in [1.165, 1.54) is 18.9 Å². The predicted octanol–water partition coefficient (Wildman–Crippen LogP) is 3.13. The molecular weight excluding hydrogens is 332 g/mol. The summed E-state index contributed by atoms with van der Waals surface area (Å²) >= 11 is 0. The SMILES string of the molecule is N#Cc1ccc(N2CCC(NC(=O)CC3CCCC3)CC2)c([N+](=O)[O-])c1. The van der Waals surface area contributed by atoms with Crippen molar-refractivity contribution >= 4 is 17.3 Å². The van der Waals surface area contributed by atoms with E-state index in [2.05, 4.69) is 5.32 Å². The molecule has 0 aromatic heterocycles. The second-order valence-corrected chi connectivity index (χ2v) is 7.26. The first kappa shape index (κ1) is 18.2. The average Bonchev–Trinajstić information content (AvgIpc) is 3.14. The van der Waals surface area contributed by atoms with E-state index in [-0.39, 0.29) is 23.2 Å². The van der Waals surface area contributed by atoms with E-state index >= 15 is 0 Å². The van der Waals surface area contributed by atoms with E-state index in [0.29, 0.717) is 31.1 Å². The number of nitro benzene ring substituents is 1. The summed E-state index contributed by atoms with van der Waals surface area (Å²) < 4.78 is 0. The van der Waals surface area contributed by atoms with Gasteiger partial charge in [0.2, 0.25) is 5.91 Å². The number of anilines is 1. The lowest BCUT2D eigenvalue weighted by atomic mass is 10.0. The number of nitriles is 1. The van der Waals surface area contributed by atoms with Gasteiger partial charge in [-0.2, -0.15) is 5.26 Å². The highest BCUT2D eigenvalue weighted by atomic mass is 16.6. The molecule has 0 bridgehead atoms. The molecule has 1 aliphatic carbocycles. The van der Waals surface area contributed by atoms with E-state index < -0.39 is 4.92 Å². The largest absolute Gasteiger partial charge is 0.366 e. The molecule has 2 fully saturated rings. The van der Waals surface area contributed by atoms with Gasteiger partial charge in [0.25, 0.3) is 5.69 Å². The standard InChI is InChI=1S/C19H24N4O3/c20-13-15-5-6-17(18(11-15)23(25)26)22-9-7-16(8-10-22)21-19(24)12-14-3-1-2-4-14/h5-6,11,14,16H,1-4,7-10,12H2,(H,21,24). The second-order valence-electron chi connectivity index (χ2n) is 7.26. The van der Waals surface area contributed by atoms with E-state index in [0.717, 1.165) is 25.7 Å². The van der Waals surface area contributed by atoms with Gasteiger partial charge in [-0.3, -0.25) is 14.9 Å². The highest BCUT2D eigenvalue weighted by Crippen LogP contribution is 2.31. The number of nitrogens with zero attached hydrogens (tertiary/aromatic N) is 3. The van der Waals surface area contributed by atoms with Crippen molar-refractivity contribution < 1.29 is 9.72 Å². The number of nitrogens with one attached hydrogen (secondary N) is 1. The number of benzene rings is 1. The smallest absolute Gasteiger partial charge is 0.293 e. The van der Waals surface area contributed by atoms with Crippen LogP contribution in [-0.2, 0) is 4.79 Å². The summed E-state index contributed by atoms with van der Waals surface area (Å²) in [7, 11) is 0. The molecule has 1 amide bonds. The van der Waals surface area contributed by atoms with Crippen LogP contribution in [0, 0.1) is 27.4 Å². The Morgan fingerprint density at radius 1 is 1.27 bits per heavy atom. The van der Waals surface area contributed by atoms with E-state index in [9.17, 15) is 14.9 Å². The molecule has 1 aliphatic heterocycles. The van der Waals surface area contributed by atoms with Crippen molar-refractivity contribution in [3.63, 3.8) is 0 Å². The Morgan fingerprint density at radius 3 is 2.58 bits per heavy atom. The molecule has 1 aromatic carbocycles. The van der Waals surface area contributed by atoms with Gasteiger partial charge in [-0.15, -0.1) is 0 Å². The van der Waals surface area contributed by atoms with Gasteiger partial charge in [-0.25, -0.2) is 0 Å². The van der Waals surface area contributed by atoms with Crippen LogP contribution in [0.1, 0.15) is 50.5 Å². The Morgan fingerprint density at radius 2 is 1.96 bits per heavy atom. The lowest BCUT2D eigenvalue weighted by Gasteiger charge is -2.33. The minimum Gasteiger partial charge on any atom is -0.366 e. The first-order valence-corrected chi connectivity index (χ1v) is 9.29. The fourth-order valence-electron chi connectivity index (χ4n) is 4.03. The van der Waals surface area contributed by atoms with Crippen LogP contribution >= 0.6 is 0 Å². The quantitative estimate of drug-likeness (QED) is 0.645. The molecule has 1 saturated carbocycles. The summed E-state index contributed by atoms with van der Waals surface area (Å²) in [5.74, 6) is 0.677. The molecule has 0 unspecified atom stereocenters. The predicted molar refractivity (Wildman–Crippen MR) is 97.8 cm³/mol. The fourth-order valence-corrected chi connectivity index (χ4v) is 4.03. The molecule has 1 N–H and O–H groups in total. The highest BCUT2D eigenvalue weighted by Gasteiger charge is 2.27. The number of hydrogen-bond donors (Lipinski definition) is 1. The lowest BCUT2D eigenvalue weighted by molar-refractivity contribution is -0.384. The fraction of sp³-hybridized carbons (Fsp3) is 0.579. The summed E-state index contributed by atoms with van der Waals surface area (Å²) in [5.41, 5.74) is 0.798. The monoisotopic (exact) mass is 356 g/mol. The zero-order chi connectivity index (χ0) is 18.5. The van der Waals surface area contributed by atoms with Crippen LogP contribution < -0.4 is 10.2 Å². The van der Waals surface area contributed by atoms with Crippen molar-refractivity contribution in [1.29, 1.82) is 5.26 Å². The van der Waals surface area contributed by atoms with Crippen molar-refractivity contribution in [2.24, 2.45) is 5.92 Å². The molecule has 0 atom stereocenters. The van der Waals surface area contributed by atoms with Gasteiger partial charge in [-0.1, -0.05) is 12.8 Å². The molecule has 1 saturated heterocycles. The number of carbonyl (C=O) groups excluding carboxylic acids is 1.